The Bertz CT molecular complexity index is 579. The molecule has 1 fully saturated rings. The summed E-state index contributed by atoms with van der Waals surface area (Å²) in [6.07, 6.45) is 11.5. The highest BCUT2D eigenvalue weighted by atomic mass is 16.6. The Kier molecular flexibility index (Phi) is 6.42. The number of piperazine rings is 1. The Morgan fingerprint density at radius 2 is 1.88 bits per heavy atom. The van der Waals surface area contributed by atoms with E-state index in [1.165, 1.54) is 0 Å². The summed E-state index contributed by atoms with van der Waals surface area (Å²) in [5.74, 6) is -0.873. The van der Waals surface area contributed by atoms with Crippen LogP contribution in [0, 0.1) is 0 Å². The third kappa shape index (κ3) is 6.05. The van der Waals surface area contributed by atoms with Gasteiger partial charge in [0.2, 0.25) is 0 Å². The van der Waals surface area contributed by atoms with Gasteiger partial charge in [-0.1, -0.05) is 30.4 Å². The highest BCUT2D eigenvalue weighted by Gasteiger charge is 2.30. The van der Waals surface area contributed by atoms with Crippen LogP contribution in [0.3, 0.4) is 0 Å². The lowest BCUT2D eigenvalue weighted by Crippen LogP contribution is -2.54. The topological polar surface area (TPSA) is 70.1 Å². The van der Waals surface area contributed by atoms with Crippen LogP contribution in [0.25, 0.3) is 0 Å². The Hall–Kier alpha value is -2.08. The molecule has 1 unspecified atom stereocenters. The van der Waals surface area contributed by atoms with Gasteiger partial charge in [-0.15, -0.1) is 0 Å². The molecule has 1 saturated heterocycles. The molecule has 0 saturated carbocycles. The average Bonchev–Trinajstić information content (AvgIpc) is 2.54. The second kappa shape index (κ2) is 8.34. The van der Waals surface area contributed by atoms with Gasteiger partial charge in [0.25, 0.3) is 0 Å². The lowest BCUT2D eigenvalue weighted by Gasteiger charge is -2.37. The van der Waals surface area contributed by atoms with E-state index in [4.69, 9.17) is 4.74 Å². The van der Waals surface area contributed by atoms with Crippen molar-refractivity contribution < 1.29 is 19.4 Å². The molecular weight excluding hydrogens is 320 g/mol. The van der Waals surface area contributed by atoms with Crippen molar-refractivity contribution >= 4 is 12.1 Å². The summed E-state index contributed by atoms with van der Waals surface area (Å²) >= 11 is 0. The van der Waals surface area contributed by atoms with Gasteiger partial charge in [0, 0.05) is 26.2 Å². The van der Waals surface area contributed by atoms with Crippen LogP contribution in [0.1, 0.15) is 33.6 Å². The third-order valence-electron chi connectivity index (χ3n) is 4.11. The van der Waals surface area contributed by atoms with Crippen LogP contribution in [0.15, 0.2) is 36.0 Å². The predicted octanol–water partition coefficient (Wildman–Crippen LogP) is 2.82. The molecule has 0 aromatic rings. The number of hydrogen-bond acceptors (Lipinski definition) is 4. The fourth-order valence-corrected chi connectivity index (χ4v) is 2.83. The molecule has 1 heterocycles. The van der Waals surface area contributed by atoms with Gasteiger partial charge >= 0.3 is 12.1 Å². The van der Waals surface area contributed by atoms with Gasteiger partial charge in [-0.3, -0.25) is 9.69 Å². The van der Waals surface area contributed by atoms with Crippen LogP contribution >= 0.6 is 0 Å². The Morgan fingerprint density at radius 1 is 1.20 bits per heavy atom. The standard InChI is InChI=1S/C19H28N2O4/c1-19(2,3)25-18(24)21-13-11-20(12-14-21)16(17(22)23)10-9-15-7-5-4-6-8-15/h5,7-10,16H,4,6,11-14H2,1-3H3,(H,22,23). The SMILES string of the molecule is CC(C)(C)OC(=O)N1CCN(C(C=CC2=CCCC=C2)C(=O)O)CC1. The second-order valence-corrected chi connectivity index (χ2v) is 7.33. The monoisotopic (exact) mass is 348 g/mol. The van der Waals surface area contributed by atoms with E-state index in [2.05, 4.69) is 12.2 Å². The molecule has 0 spiro atoms. The predicted molar refractivity (Wildman–Crippen MR) is 96.4 cm³/mol. The zero-order valence-electron chi connectivity index (χ0n) is 15.3. The van der Waals surface area contributed by atoms with E-state index in [9.17, 15) is 14.7 Å². The van der Waals surface area contributed by atoms with Crippen molar-refractivity contribution in [3.8, 4) is 0 Å². The molecule has 0 radical (unpaired) electrons. The number of carbonyl (C=O) groups is 2. The maximum atomic E-state index is 12.1. The number of carbonyl (C=O) groups excluding carboxylic acids is 1. The molecule has 1 atom stereocenters. The van der Waals surface area contributed by atoms with E-state index in [0.29, 0.717) is 26.2 Å². The van der Waals surface area contributed by atoms with Gasteiger partial charge in [0.1, 0.15) is 11.6 Å². The van der Waals surface area contributed by atoms with E-state index in [1.54, 1.807) is 11.0 Å². The van der Waals surface area contributed by atoms with Crippen LogP contribution in [-0.4, -0.2) is 64.8 Å². The quantitative estimate of drug-likeness (QED) is 0.846. The van der Waals surface area contributed by atoms with E-state index >= 15 is 0 Å². The maximum Gasteiger partial charge on any atom is 0.410 e. The number of allylic oxidation sites excluding steroid dienone is 5. The number of hydrogen-bond donors (Lipinski definition) is 1. The lowest BCUT2D eigenvalue weighted by atomic mass is 10.1. The molecule has 0 bridgehead atoms. The van der Waals surface area contributed by atoms with E-state index < -0.39 is 17.6 Å². The van der Waals surface area contributed by atoms with Crippen molar-refractivity contribution in [3.05, 3.63) is 36.0 Å². The number of carboxylic acids is 1. The summed E-state index contributed by atoms with van der Waals surface area (Å²) in [6, 6.07) is -0.683. The minimum absolute atomic E-state index is 0.341. The number of carboxylic acid groups (broad SMARTS) is 1. The van der Waals surface area contributed by atoms with Crippen LogP contribution in [-0.2, 0) is 9.53 Å². The summed E-state index contributed by atoms with van der Waals surface area (Å²) in [6.45, 7) is 7.46. The molecule has 1 aliphatic heterocycles. The molecule has 25 heavy (non-hydrogen) atoms. The summed E-state index contributed by atoms with van der Waals surface area (Å²) in [5, 5.41) is 9.55. The fourth-order valence-electron chi connectivity index (χ4n) is 2.83. The van der Waals surface area contributed by atoms with Gasteiger partial charge in [-0.05, 0) is 39.2 Å². The summed E-state index contributed by atoms with van der Waals surface area (Å²) in [5.41, 5.74) is 0.520. The van der Waals surface area contributed by atoms with Gasteiger partial charge < -0.3 is 14.7 Å². The van der Waals surface area contributed by atoms with Gasteiger partial charge in [0.05, 0.1) is 0 Å². The van der Waals surface area contributed by atoms with Crippen LogP contribution < -0.4 is 0 Å². The van der Waals surface area contributed by atoms with Crippen molar-refractivity contribution in [1.29, 1.82) is 0 Å². The third-order valence-corrected chi connectivity index (χ3v) is 4.11. The first-order chi connectivity index (χ1) is 11.8. The van der Waals surface area contributed by atoms with E-state index in [0.717, 1.165) is 18.4 Å². The largest absolute Gasteiger partial charge is 0.480 e. The molecule has 138 valence electrons. The lowest BCUT2D eigenvalue weighted by molar-refractivity contribution is -0.141. The highest BCUT2D eigenvalue weighted by molar-refractivity contribution is 5.76. The first-order valence-electron chi connectivity index (χ1n) is 8.76. The molecule has 6 heteroatoms. The zero-order chi connectivity index (χ0) is 18.4. The molecular formula is C19H28N2O4. The average molecular weight is 348 g/mol. The van der Waals surface area contributed by atoms with Crippen molar-refractivity contribution in [2.24, 2.45) is 0 Å². The Balaban J connectivity index is 1.93. The number of rotatable bonds is 4. The minimum atomic E-state index is -0.873. The van der Waals surface area contributed by atoms with Crippen LogP contribution in [0.4, 0.5) is 4.79 Å². The number of aliphatic carboxylic acids is 1. The van der Waals surface area contributed by atoms with Gasteiger partial charge in [-0.25, -0.2) is 4.79 Å². The van der Waals surface area contributed by atoms with Crippen molar-refractivity contribution in [2.45, 2.75) is 45.3 Å². The van der Waals surface area contributed by atoms with E-state index in [-0.39, 0.29) is 6.09 Å². The van der Waals surface area contributed by atoms with Gasteiger partial charge in [-0.2, -0.15) is 0 Å². The van der Waals surface area contributed by atoms with Crippen molar-refractivity contribution in [3.63, 3.8) is 0 Å². The summed E-state index contributed by atoms with van der Waals surface area (Å²) < 4.78 is 5.37. The van der Waals surface area contributed by atoms with Crippen molar-refractivity contribution in [2.75, 3.05) is 26.2 Å². The Morgan fingerprint density at radius 3 is 2.40 bits per heavy atom. The second-order valence-electron chi connectivity index (χ2n) is 7.33. The minimum Gasteiger partial charge on any atom is -0.480 e. The zero-order valence-corrected chi connectivity index (χ0v) is 15.3. The normalized spacial score (nSPS) is 20.4. The smallest absolute Gasteiger partial charge is 0.410 e. The maximum absolute atomic E-state index is 12.1. The first-order valence-corrected chi connectivity index (χ1v) is 8.76. The molecule has 2 aliphatic rings. The molecule has 6 nitrogen and oxygen atoms in total. The number of ether oxygens (including phenoxy) is 1. The number of nitrogens with zero attached hydrogens (tertiary/aromatic N) is 2. The molecule has 1 amide bonds. The molecule has 0 aromatic heterocycles. The number of amides is 1. The molecule has 0 aromatic carbocycles. The summed E-state index contributed by atoms with van der Waals surface area (Å²) in [4.78, 5) is 27.3. The molecule has 1 N–H and O–H groups in total. The van der Waals surface area contributed by atoms with Gasteiger partial charge in [0.15, 0.2) is 0 Å². The first kappa shape index (κ1) is 19.2. The highest BCUT2D eigenvalue weighted by Crippen LogP contribution is 2.15. The Labute approximate surface area is 149 Å². The molecule has 1 aliphatic carbocycles. The summed E-state index contributed by atoms with van der Waals surface area (Å²) in [7, 11) is 0. The fraction of sp³-hybridized carbons (Fsp3) is 0.579. The van der Waals surface area contributed by atoms with Crippen LogP contribution in [0.2, 0.25) is 0 Å². The molecule has 2 rings (SSSR count). The van der Waals surface area contributed by atoms with E-state index in [1.807, 2.05) is 37.8 Å². The van der Waals surface area contributed by atoms with Crippen LogP contribution in [0.5, 0.6) is 0 Å². The van der Waals surface area contributed by atoms with Crippen molar-refractivity contribution in [1.82, 2.24) is 9.80 Å².